The smallest absolute Gasteiger partial charge is 0.357 e. The summed E-state index contributed by atoms with van der Waals surface area (Å²) in [7, 11) is 1.79. The predicted octanol–water partition coefficient (Wildman–Crippen LogP) is 2.87. The van der Waals surface area contributed by atoms with E-state index in [0.717, 1.165) is 37.8 Å². The zero-order chi connectivity index (χ0) is 18.7. The van der Waals surface area contributed by atoms with Crippen molar-refractivity contribution in [2.45, 2.75) is 25.1 Å². The number of rotatable bonds is 3. The molecular weight excluding hydrogens is 345 g/mol. The highest BCUT2D eigenvalue weighted by atomic mass is 19.4. The van der Waals surface area contributed by atoms with Gasteiger partial charge in [-0.05, 0) is 25.0 Å². The highest BCUT2D eigenvalue weighted by molar-refractivity contribution is 5.47. The van der Waals surface area contributed by atoms with Crippen LogP contribution in [0.5, 0.6) is 0 Å². The van der Waals surface area contributed by atoms with E-state index in [0.29, 0.717) is 5.82 Å². The average Bonchev–Trinajstić information content (AvgIpc) is 2.67. The van der Waals surface area contributed by atoms with Gasteiger partial charge in [0.15, 0.2) is 5.69 Å². The van der Waals surface area contributed by atoms with Crippen molar-refractivity contribution in [2.24, 2.45) is 0 Å². The summed E-state index contributed by atoms with van der Waals surface area (Å²) in [6.45, 7) is 1.53. The van der Waals surface area contributed by atoms with Crippen molar-refractivity contribution in [3.8, 4) is 6.07 Å². The van der Waals surface area contributed by atoms with Crippen LogP contribution in [0.2, 0.25) is 0 Å². The molecule has 0 spiro atoms. The third-order valence-corrected chi connectivity index (χ3v) is 4.54. The molecule has 0 N–H and O–H groups in total. The van der Waals surface area contributed by atoms with Gasteiger partial charge in [0.2, 0.25) is 0 Å². The summed E-state index contributed by atoms with van der Waals surface area (Å²) in [6.07, 6.45) is 1.99. The Labute approximate surface area is 148 Å². The van der Waals surface area contributed by atoms with Crippen molar-refractivity contribution in [1.82, 2.24) is 15.0 Å². The van der Waals surface area contributed by atoms with Gasteiger partial charge in [0.25, 0.3) is 0 Å². The summed E-state index contributed by atoms with van der Waals surface area (Å²) in [6, 6.07) is 3.91. The highest BCUT2D eigenvalue weighted by Crippen LogP contribution is 2.32. The van der Waals surface area contributed by atoms with Gasteiger partial charge in [-0.15, -0.1) is 0 Å². The highest BCUT2D eigenvalue weighted by Gasteiger charge is 2.35. The summed E-state index contributed by atoms with van der Waals surface area (Å²) < 4.78 is 38.7. The van der Waals surface area contributed by atoms with Crippen LogP contribution in [0.25, 0.3) is 0 Å². The van der Waals surface area contributed by atoms with Crippen molar-refractivity contribution in [1.29, 1.82) is 5.26 Å². The van der Waals surface area contributed by atoms with E-state index >= 15 is 0 Å². The maximum Gasteiger partial charge on any atom is 0.419 e. The molecule has 0 aromatic carbocycles. The van der Waals surface area contributed by atoms with E-state index in [1.54, 1.807) is 31.7 Å². The quantitative estimate of drug-likeness (QED) is 0.836. The first-order valence-electron chi connectivity index (χ1n) is 8.12. The third kappa shape index (κ3) is 3.69. The van der Waals surface area contributed by atoms with Crippen molar-refractivity contribution in [2.75, 3.05) is 29.9 Å². The second kappa shape index (κ2) is 7.15. The molecule has 2 aromatic heterocycles. The van der Waals surface area contributed by atoms with Crippen LogP contribution in [0.15, 0.2) is 30.7 Å². The second-order valence-corrected chi connectivity index (χ2v) is 6.07. The van der Waals surface area contributed by atoms with Crippen LogP contribution in [-0.4, -0.2) is 41.1 Å². The summed E-state index contributed by atoms with van der Waals surface area (Å²) >= 11 is 0. The fraction of sp³-hybridized carbons (Fsp3) is 0.412. The average molecular weight is 362 g/mol. The summed E-state index contributed by atoms with van der Waals surface area (Å²) in [4.78, 5) is 16.2. The normalized spacial score (nSPS) is 15.6. The molecule has 9 heteroatoms. The minimum absolute atomic E-state index is 0.124. The number of piperidine rings is 1. The van der Waals surface area contributed by atoms with Gasteiger partial charge in [0, 0.05) is 38.6 Å². The first-order chi connectivity index (χ1) is 12.4. The fourth-order valence-electron chi connectivity index (χ4n) is 3.08. The van der Waals surface area contributed by atoms with Crippen molar-refractivity contribution >= 4 is 11.6 Å². The van der Waals surface area contributed by atoms with Gasteiger partial charge >= 0.3 is 6.18 Å². The number of alkyl halides is 3. The van der Waals surface area contributed by atoms with Gasteiger partial charge in [-0.2, -0.15) is 18.4 Å². The third-order valence-electron chi connectivity index (χ3n) is 4.54. The summed E-state index contributed by atoms with van der Waals surface area (Å²) in [5.74, 6) is 1.18. The zero-order valence-corrected chi connectivity index (χ0v) is 14.1. The summed E-state index contributed by atoms with van der Waals surface area (Å²) in [5.41, 5.74) is -1.60. The lowest BCUT2D eigenvalue weighted by molar-refractivity contribution is -0.138. The Hall–Kier alpha value is -2.89. The molecule has 1 fully saturated rings. The van der Waals surface area contributed by atoms with Crippen LogP contribution < -0.4 is 9.80 Å². The molecule has 0 amide bonds. The van der Waals surface area contributed by atoms with E-state index in [-0.39, 0.29) is 6.04 Å². The SMILES string of the molecule is CN(c1ccc(C(F)(F)F)c(C#N)n1)C1CCN(c2cnccn2)CC1. The Morgan fingerprint density at radius 2 is 1.96 bits per heavy atom. The number of nitriles is 1. The molecule has 3 heterocycles. The van der Waals surface area contributed by atoms with Gasteiger partial charge in [-0.1, -0.05) is 0 Å². The van der Waals surface area contributed by atoms with Crippen LogP contribution in [-0.2, 0) is 6.18 Å². The largest absolute Gasteiger partial charge is 0.419 e. The minimum atomic E-state index is -4.59. The maximum atomic E-state index is 12.9. The number of hydrogen-bond acceptors (Lipinski definition) is 6. The van der Waals surface area contributed by atoms with Gasteiger partial charge in [0.1, 0.15) is 17.7 Å². The van der Waals surface area contributed by atoms with E-state index in [1.165, 1.54) is 6.07 Å². The molecule has 0 unspecified atom stereocenters. The monoisotopic (exact) mass is 362 g/mol. The Balaban J connectivity index is 1.71. The molecule has 0 saturated carbocycles. The van der Waals surface area contributed by atoms with Crippen LogP contribution >= 0.6 is 0 Å². The van der Waals surface area contributed by atoms with E-state index < -0.39 is 17.4 Å². The van der Waals surface area contributed by atoms with Crippen LogP contribution in [0.1, 0.15) is 24.1 Å². The first-order valence-corrected chi connectivity index (χ1v) is 8.12. The molecular formula is C17H17F3N6. The van der Waals surface area contributed by atoms with Crippen LogP contribution in [0.3, 0.4) is 0 Å². The fourth-order valence-corrected chi connectivity index (χ4v) is 3.08. The lowest BCUT2D eigenvalue weighted by atomic mass is 10.0. The van der Waals surface area contributed by atoms with Gasteiger partial charge in [-0.3, -0.25) is 4.98 Å². The van der Waals surface area contributed by atoms with E-state index in [9.17, 15) is 13.2 Å². The lowest BCUT2D eigenvalue weighted by Crippen LogP contribution is -2.44. The van der Waals surface area contributed by atoms with Crippen molar-refractivity contribution in [3.63, 3.8) is 0 Å². The molecule has 2 aromatic rings. The molecule has 0 aliphatic carbocycles. The molecule has 3 rings (SSSR count). The molecule has 6 nitrogen and oxygen atoms in total. The molecule has 0 bridgehead atoms. The number of pyridine rings is 1. The zero-order valence-electron chi connectivity index (χ0n) is 14.1. The van der Waals surface area contributed by atoms with Gasteiger partial charge < -0.3 is 9.80 Å². The minimum Gasteiger partial charge on any atom is -0.357 e. The molecule has 1 aliphatic rings. The maximum absolute atomic E-state index is 12.9. The standard InChI is InChI=1S/C17H17F3N6/c1-25(15-3-2-13(17(18,19)20)14(10-21)24-15)12-4-8-26(9-5-12)16-11-22-6-7-23-16/h2-3,6-7,11-12H,4-5,8-9H2,1H3. The van der Waals surface area contributed by atoms with Crippen LogP contribution in [0.4, 0.5) is 24.8 Å². The van der Waals surface area contributed by atoms with E-state index in [1.807, 2.05) is 4.90 Å². The Morgan fingerprint density at radius 3 is 2.54 bits per heavy atom. The number of halogens is 3. The van der Waals surface area contributed by atoms with Gasteiger partial charge in [-0.25, -0.2) is 9.97 Å². The topological polar surface area (TPSA) is 68.9 Å². The second-order valence-electron chi connectivity index (χ2n) is 6.07. The van der Waals surface area contributed by atoms with E-state index in [2.05, 4.69) is 19.9 Å². The molecule has 0 radical (unpaired) electrons. The van der Waals surface area contributed by atoms with Gasteiger partial charge in [0.05, 0.1) is 11.8 Å². The van der Waals surface area contributed by atoms with Crippen molar-refractivity contribution < 1.29 is 13.2 Å². The summed E-state index contributed by atoms with van der Waals surface area (Å²) in [5, 5.41) is 9.01. The molecule has 0 atom stereocenters. The predicted molar refractivity (Wildman–Crippen MR) is 89.6 cm³/mol. The Morgan fingerprint density at radius 1 is 1.23 bits per heavy atom. The molecule has 136 valence electrons. The molecule has 1 saturated heterocycles. The number of hydrogen-bond donors (Lipinski definition) is 0. The Kier molecular flexibility index (Phi) is 4.93. The van der Waals surface area contributed by atoms with Crippen molar-refractivity contribution in [3.05, 3.63) is 42.0 Å². The Bertz CT molecular complexity index is 794. The lowest BCUT2D eigenvalue weighted by Gasteiger charge is -2.37. The number of anilines is 2. The number of nitrogens with zero attached hydrogens (tertiary/aromatic N) is 6. The first kappa shape index (κ1) is 17.9. The van der Waals surface area contributed by atoms with E-state index in [4.69, 9.17) is 5.26 Å². The molecule has 1 aliphatic heterocycles. The number of aromatic nitrogens is 3. The van der Waals surface area contributed by atoms with Crippen LogP contribution in [0, 0.1) is 11.3 Å². The molecule has 26 heavy (non-hydrogen) atoms.